The van der Waals surface area contributed by atoms with Crippen LogP contribution in [-0.4, -0.2) is 43.0 Å². The summed E-state index contributed by atoms with van der Waals surface area (Å²) >= 11 is 1.56. The van der Waals surface area contributed by atoms with Crippen molar-refractivity contribution in [2.24, 2.45) is 11.8 Å². The van der Waals surface area contributed by atoms with Crippen molar-refractivity contribution < 1.29 is 14.3 Å². The predicted molar refractivity (Wildman–Crippen MR) is 110 cm³/mol. The van der Waals surface area contributed by atoms with Crippen molar-refractivity contribution in [3.05, 3.63) is 16.0 Å². The van der Waals surface area contributed by atoms with Gasteiger partial charge in [0.15, 0.2) is 0 Å². The first-order valence-corrected chi connectivity index (χ1v) is 11.1. The minimum Gasteiger partial charge on any atom is -0.462 e. The molecule has 0 bridgehead atoms. The number of nitrogens with zero attached hydrogens (tertiary/aromatic N) is 1. The van der Waals surface area contributed by atoms with Gasteiger partial charge in [-0.1, -0.05) is 13.8 Å². The van der Waals surface area contributed by atoms with Crippen molar-refractivity contribution in [1.29, 1.82) is 0 Å². The van der Waals surface area contributed by atoms with Crippen LogP contribution in [0.1, 0.15) is 67.3 Å². The number of ether oxygens (including phenoxy) is 1. The number of amides is 1. The molecule has 2 aliphatic rings. The lowest BCUT2D eigenvalue weighted by molar-refractivity contribution is -0.116. The summed E-state index contributed by atoms with van der Waals surface area (Å²) in [5.74, 6) is 1.11. The van der Waals surface area contributed by atoms with Gasteiger partial charge in [0.1, 0.15) is 5.00 Å². The normalized spacial score (nSPS) is 20.9. The topological polar surface area (TPSA) is 58.6 Å². The molecular formula is C21H32N2O3S. The second kappa shape index (κ2) is 9.20. The largest absolute Gasteiger partial charge is 0.462 e. The maximum absolute atomic E-state index is 12.5. The molecule has 6 heteroatoms. The van der Waals surface area contributed by atoms with Crippen LogP contribution >= 0.6 is 11.3 Å². The molecule has 5 nitrogen and oxygen atoms in total. The van der Waals surface area contributed by atoms with Crippen molar-refractivity contribution >= 4 is 28.2 Å². The van der Waals surface area contributed by atoms with Gasteiger partial charge in [-0.3, -0.25) is 4.79 Å². The van der Waals surface area contributed by atoms with E-state index in [1.807, 2.05) is 6.92 Å². The van der Waals surface area contributed by atoms with E-state index < -0.39 is 0 Å². The molecule has 3 rings (SSSR count). The first-order valence-electron chi connectivity index (χ1n) is 10.3. The van der Waals surface area contributed by atoms with E-state index in [-0.39, 0.29) is 11.9 Å². The summed E-state index contributed by atoms with van der Waals surface area (Å²) in [7, 11) is 0. The lowest BCUT2D eigenvalue weighted by Gasteiger charge is -2.29. The van der Waals surface area contributed by atoms with Crippen LogP contribution in [0.3, 0.4) is 0 Å². The van der Waals surface area contributed by atoms with Gasteiger partial charge < -0.3 is 15.0 Å². The van der Waals surface area contributed by atoms with E-state index in [2.05, 4.69) is 24.1 Å². The summed E-state index contributed by atoms with van der Waals surface area (Å²) in [6.07, 6.45) is 5.85. The van der Waals surface area contributed by atoms with Gasteiger partial charge in [0, 0.05) is 17.8 Å². The Labute approximate surface area is 166 Å². The molecule has 0 saturated carbocycles. The number of likely N-dealkylation sites (tertiary alicyclic amines) is 1. The van der Waals surface area contributed by atoms with E-state index in [1.54, 1.807) is 11.3 Å². The number of carbonyl (C=O) groups excluding carboxylic acids is 2. The van der Waals surface area contributed by atoms with Crippen molar-refractivity contribution in [1.82, 2.24) is 4.90 Å². The Kier molecular flexibility index (Phi) is 6.93. The lowest BCUT2D eigenvalue weighted by Crippen LogP contribution is -2.35. The predicted octanol–water partition coefficient (Wildman–Crippen LogP) is 4.11. The van der Waals surface area contributed by atoms with Gasteiger partial charge in [0.2, 0.25) is 5.91 Å². The third-order valence-electron chi connectivity index (χ3n) is 5.78. The van der Waals surface area contributed by atoms with Crippen LogP contribution < -0.4 is 5.32 Å². The molecule has 1 aliphatic heterocycles. The van der Waals surface area contributed by atoms with Crippen LogP contribution in [0.2, 0.25) is 0 Å². The van der Waals surface area contributed by atoms with Gasteiger partial charge >= 0.3 is 5.97 Å². The highest BCUT2D eigenvalue weighted by Crippen LogP contribution is 2.40. The van der Waals surface area contributed by atoms with Crippen LogP contribution in [0, 0.1) is 11.8 Å². The quantitative estimate of drug-likeness (QED) is 0.740. The van der Waals surface area contributed by atoms with E-state index in [4.69, 9.17) is 4.74 Å². The molecule has 0 aromatic carbocycles. The van der Waals surface area contributed by atoms with E-state index in [9.17, 15) is 9.59 Å². The highest BCUT2D eigenvalue weighted by molar-refractivity contribution is 7.17. The second-order valence-corrected chi connectivity index (χ2v) is 9.20. The number of piperidine rings is 1. The zero-order valence-electron chi connectivity index (χ0n) is 16.8. The Morgan fingerprint density at radius 2 is 1.93 bits per heavy atom. The third kappa shape index (κ3) is 5.11. The summed E-state index contributed by atoms with van der Waals surface area (Å²) < 4.78 is 5.27. The molecule has 1 atom stereocenters. The van der Waals surface area contributed by atoms with E-state index >= 15 is 0 Å². The van der Waals surface area contributed by atoms with E-state index in [1.165, 1.54) is 17.7 Å². The summed E-state index contributed by atoms with van der Waals surface area (Å²) in [5, 5.41) is 3.71. The van der Waals surface area contributed by atoms with Crippen LogP contribution in [0.25, 0.3) is 0 Å². The number of rotatable bonds is 6. The fourth-order valence-electron chi connectivity index (χ4n) is 3.99. The number of fused-ring (bicyclic) bond motifs is 1. The Bertz CT molecular complexity index is 677. The SMILES string of the molecule is CCOC(=O)c1c(NC(=O)CCN2CCC(C)CC2)sc2c1CC[C@@H](C)C2. The molecule has 2 heterocycles. The summed E-state index contributed by atoms with van der Waals surface area (Å²) in [4.78, 5) is 28.7. The zero-order chi connectivity index (χ0) is 19.4. The number of esters is 1. The van der Waals surface area contributed by atoms with Gasteiger partial charge in [-0.05, 0) is 69.5 Å². The van der Waals surface area contributed by atoms with Gasteiger partial charge in [0.05, 0.1) is 12.2 Å². The van der Waals surface area contributed by atoms with Crippen LogP contribution in [0.4, 0.5) is 5.00 Å². The highest BCUT2D eigenvalue weighted by Gasteiger charge is 2.29. The fraction of sp³-hybridized carbons (Fsp3) is 0.714. The standard InChI is InChI=1S/C21H32N2O3S/c1-4-26-21(25)19-16-6-5-15(3)13-17(16)27-20(19)22-18(24)9-12-23-10-7-14(2)8-11-23/h14-15H,4-13H2,1-3H3,(H,22,24)/t15-/m1/s1. The highest BCUT2D eigenvalue weighted by atomic mass is 32.1. The average Bonchev–Trinajstić information content (AvgIpc) is 2.98. The second-order valence-electron chi connectivity index (χ2n) is 8.10. The van der Waals surface area contributed by atoms with E-state index in [0.29, 0.717) is 29.5 Å². The molecule has 1 amide bonds. The maximum atomic E-state index is 12.5. The minimum absolute atomic E-state index is 0.00850. The molecule has 0 unspecified atom stereocenters. The first-order chi connectivity index (χ1) is 13.0. The summed E-state index contributed by atoms with van der Waals surface area (Å²) in [6, 6.07) is 0. The molecule has 27 heavy (non-hydrogen) atoms. The Balaban J connectivity index is 1.66. The lowest BCUT2D eigenvalue weighted by atomic mass is 9.88. The molecular weight excluding hydrogens is 360 g/mol. The van der Waals surface area contributed by atoms with Crippen LogP contribution in [-0.2, 0) is 22.4 Å². The van der Waals surface area contributed by atoms with Gasteiger partial charge in [0.25, 0.3) is 0 Å². The van der Waals surface area contributed by atoms with Crippen molar-refractivity contribution in [3.63, 3.8) is 0 Å². The molecule has 1 N–H and O–H groups in total. The molecule has 1 fully saturated rings. The van der Waals surface area contributed by atoms with Gasteiger partial charge in [-0.15, -0.1) is 11.3 Å². The third-order valence-corrected chi connectivity index (χ3v) is 6.95. The summed E-state index contributed by atoms with van der Waals surface area (Å²) in [6.45, 7) is 9.64. The molecule has 1 aliphatic carbocycles. The van der Waals surface area contributed by atoms with Crippen molar-refractivity contribution in [3.8, 4) is 0 Å². The number of thiophene rings is 1. The maximum Gasteiger partial charge on any atom is 0.341 e. The fourth-order valence-corrected chi connectivity index (χ4v) is 5.41. The number of carbonyl (C=O) groups is 2. The zero-order valence-corrected chi connectivity index (χ0v) is 17.6. The van der Waals surface area contributed by atoms with Crippen molar-refractivity contribution in [2.75, 3.05) is 31.6 Å². The van der Waals surface area contributed by atoms with Crippen LogP contribution in [0.15, 0.2) is 0 Å². The monoisotopic (exact) mass is 392 g/mol. The smallest absolute Gasteiger partial charge is 0.341 e. The minimum atomic E-state index is -0.301. The Morgan fingerprint density at radius 1 is 1.19 bits per heavy atom. The average molecular weight is 393 g/mol. The molecule has 1 saturated heterocycles. The number of anilines is 1. The molecule has 0 spiro atoms. The molecule has 1 aromatic heterocycles. The molecule has 0 radical (unpaired) electrons. The molecule has 150 valence electrons. The first kappa shape index (κ1) is 20.3. The number of nitrogens with one attached hydrogen (secondary N) is 1. The summed E-state index contributed by atoms with van der Waals surface area (Å²) in [5.41, 5.74) is 1.70. The number of hydrogen-bond donors (Lipinski definition) is 1. The van der Waals surface area contributed by atoms with Crippen LogP contribution in [0.5, 0.6) is 0 Å². The van der Waals surface area contributed by atoms with E-state index in [0.717, 1.165) is 50.4 Å². The van der Waals surface area contributed by atoms with Gasteiger partial charge in [-0.2, -0.15) is 0 Å². The Hall–Kier alpha value is -1.40. The number of hydrogen-bond acceptors (Lipinski definition) is 5. The van der Waals surface area contributed by atoms with Crippen molar-refractivity contribution in [2.45, 2.75) is 59.3 Å². The van der Waals surface area contributed by atoms with Gasteiger partial charge in [-0.25, -0.2) is 4.79 Å². The molecule has 1 aromatic rings. The Morgan fingerprint density at radius 3 is 2.63 bits per heavy atom.